The molecule has 0 aromatic carbocycles. The number of halogens is 1. The maximum atomic E-state index is 14.9. The van der Waals surface area contributed by atoms with Crippen LogP contribution in [0, 0.1) is 11.7 Å². The number of amidine groups is 1. The van der Waals surface area contributed by atoms with Crippen LogP contribution >= 0.6 is 11.8 Å². The van der Waals surface area contributed by atoms with E-state index in [-0.39, 0.29) is 24.3 Å². The number of nitrogens with zero attached hydrogens (tertiary/aromatic N) is 3. The quantitative estimate of drug-likeness (QED) is 0.616. The first-order valence-corrected chi connectivity index (χ1v) is 10.6. The summed E-state index contributed by atoms with van der Waals surface area (Å²) in [6.07, 6.45) is 1.17. The normalized spacial score (nSPS) is 27.0. The molecule has 0 aliphatic carbocycles. The van der Waals surface area contributed by atoms with Crippen molar-refractivity contribution in [2.45, 2.75) is 31.2 Å². The first kappa shape index (κ1) is 20.8. The number of aliphatic hydroxyl groups is 1. The number of nitrogens with one attached hydrogen (secondary N) is 1. The van der Waals surface area contributed by atoms with Gasteiger partial charge in [0.25, 0.3) is 0 Å². The van der Waals surface area contributed by atoms with Crippen molar-refractivity contribution in [2.24, 2.45) is 16.6 Å². The van der Waals surface area contributed by atoms with Gasteiger partial charge in [0.15, 0.2) is 11.4 Å². The summed E-state index contributed by atoms with van der Waals surface area (Å²) in [7, 11) is 1.54. The Morgan fingerprint density at radius 1 is 1.40 bits per heavy atom. The summed E-state index contributed by atoms with van der Waals surface area (Å²) < 4.78 is 25.9. The number of fused-ring (bicyclic) bond motifs is 1. The van der Waals surface area contributed by atoms with Crippen LogP contribution in [0.3, 0.4) is 0 Å². The molecule has 4 N–H and O–H groups in total. The molecule has 30 heavy (non-hydrogen) atoms. The van der Waals surface area contributed by atoms with Crippen LogP contribution in [0.25, 0.3) is 0 Å². The van der Waals surface area contributed by atoms with Crippen molar-refractivity contribution in [3.63, 3.8) is 0 Å². The summed E-state index contributed by atoms with van der Waals surface area (Å²) in [5.41, 5.74) is 5.57. The topological polar surface area (TPSA) is 115 Å². The van der Waals surface area contributed by atoms with Gasteiger partial charge in [-0.05, 0) is 37.6 Å². The number of aliphatic hydroxyl groups excluding tert-OH is 1. The average Bonchev–Trinajstić information content (AvgIpc) is 2.75. The number of hydrogen-bond donors (Lipinski definition) is 3. The maximum absolute atomic E-state index is 14.9. The lowest BCUT2D eigenvalue weighted by atomic mass is 9.77. The Morgan fingerprint density at radius 3 is 2.97 bits per heavy atom. The Hall–Kier alpha value is -2.43. The van der Waals surface area contributed by atoms with Crippen LogP contribution in [0.5, 0.6) is 5.75 Å². The summed E-state index contributed by atoms with van der Waals surface area (Å²) >= 11 is 1.47. The summed E-state index contributed by atoms with van der Waals surface area (Å²) in [6, 6.07) is 6.11. The molecule has 2 aromatic rings. The van der Waals surface area contributed by atoms with Gasteiger partial charge in [-0.15, -0.1) is 0 Å². The highest BCUT2D eigenvalue weighted by Gasteiger charge is 2.50. The standard InChI is InChI=1S/C20H24FN5O3S/c1-11-7-12-9-30-19(22)26-20(12,10-29-11)17-14(21)4-6-16(24-17)25-18(27)15-5-3-13(28-2)8-23-15/h3-6,8,11-12,18,27H,7,9-10H2,1-2H3,(H2,22,26)(H,24,25). The zero-order valence-corrected chi connectivity index (χ0v) is 17.5. The molecule has 1 saturated heterocycles. The Morgan fingerprint density at radius 2 is 2.23 bits per heavy atom. The lowest BCUT2D eigenvalue weighted by Gasteiger charge is -2.45. The molecule has 0 bridgehead atoms. The van der Waals surface area contributed by atoms with E-state index in [0.29, 0.717) is 22.4 Å². The number of aliphatic imine (C=N–C) groups is 1. The zero-order valence-electron chi connectivity index (χ0n) is 16.7. The number of pyridine rings is 2. The van der Waals surface area contributed by atoms with Gasteiger partial charge in [0.2, 0.25) is 0 Å². The third-order valence-electron chi connectivity index (χ3n) is 5.44. The molecule has 8 nitrogen and oxygen atoms in total. The van der Waals surface area contributed by atoms with Gasteiger partial charge in [-0.25, -0.2) is 14.4 Å². The minimum absolute atomic E-state index is 0.0454. The average molecular weight is 434 g/mol. The minimum atomic E-state index is -1.13. The third kappa shape index (κ3) is 3.94. The molecule has 2 aromatic heterocycles. The second-order valence-corrected chi connectivity index (χ2v) is 8.48. The number of anilines is 1. The van der Waals surface area contributed by atoms with Crippen molar-refractivity contribution in [3.8, 4) is 5.75 Å². The van der Waals surface area contributed by atoms with Crippen LogP contribution in [0.15, 0.2) is 35.5 Å². The largest absolute Gasteiger partial charge is 0.495 e. The van der Waals surface area contributed by atoms with Crippen LogP contribution in [0.4, 0.5) is 10.2 Å². The highest BCUT2D eigenvalue weighted by molar-refractivity contribution is 8.13. The van der Waals surface area contributed by atoms with Gasteiger partial charge in [0.1, 0.15) is 28.6 Å². The zero-order chi connectivity index (χ0) is 21.3. The molecule has 0 radical (unpaired) electrons. The van der Waals surface area contributed by atoms with Crippen molar-refractivity contribution < 1.29 is 19.0 Å². The predicted octanol–water partition coefficient (Wildman–Crippen LogP) is 2.41. The van der Waals surface area contributed by atoms with Gasteiger partial charge in [0, 0.05) is 11.7 Å². The first-order valence-electron chi connectivity index (χ1n) is 9.62. The van der Waals surface area contributed by atoms with Gasteiger partial charge < -0.3 is 25.6 Å². The molecule has 4 heterocycles. The molecule has 160 valence electrons. The van der Waals surface area contributed by atoms with Crippen molar-refractivity contribution in [3.05, 3.63) is 47.7 Å². The van der Waals surface area contributed by atoms with E-state index in [2.05, 4.69) is 20.3 Å². The van der Waals surface area contributed by atoms with Gasteiger partial charge in [-0.1, -0.05) is 11.8 Å². The molecule has 4 rings (SSSR count). The molecule has 2 aliphatic heterocycles. The Labute approximate surface area is 178 Å². The summed E-state index contributed by atoms with van der Waals surface area (Å²) in [6.45, 7) is 2.20. The second kappa shape index (κ2) is 8.37. The van der Waals surface area contributed by atoms with Crippen LogP contribution in [-0.2, 0) is 10.3 Å². The summed E-state index contributed by atoms with van der Waals surface area (Å²) in [5.74, 6) is 1.17. The highest BCUT2D eigenvalue weighted by atomic mass is 32.2. The fourth-order valence-corrected chi connectivity index (χ4v) is 4.84. The number of ether oxygens (including phenoxy) is 2. The molecule has 4 atom stereocenters. The molecular weight excluding hydrogens is 409 g/mol. The molecule has 10 heteroatoms. The second-order valence-electron chi connectivity index (χ2n) is 7.44. The number of methoxy groups -OCH3 is 1. The van der Waals surface area contributed by atoms with E-state index in [1.54, 1.807) is 12.1 Å². The number of hydrogen-bond acceptors (Lipinski definition) is 9. The summed E-state index contributed by atoms with van der Waals surface area (Å²) in [4.78, 5) is 13.2. The lowest BCUT2D eigenvalue weighted by molar-refractivity contribution is -0.0491. The molecule has 2 aliphatic rings. The van der Waals surface area contributed by atoms with Gasteiger partial charge >= 0.3 is 0 Å². The minimum Gasteiger partial charge on any atom is -0.495 e. The third-order valence-corrected chi connectivity index (χ3v) is 6.39. The summed E-state index contributed by atoms with van der Waals surface area (Å²) in [5, 5.41) is 13.7. The van der Waals surface area contributed by atoms with E-state index in [0.717, 1.165) is 12.2 Å². The van der Waals surface area contributed by atoms with Gasteiger partial charge in [-0.2, -0.15) is 0 Å². The number of aromatic nitrogens is 2. The van der Waals surface area contributed by atoms with Gasteiger partial charge in [0.05, 0.1) is 31.7 Å². The molecular formula is C20H24FN5O3S. The van der Waals surface area contributed by atoms with E-state index in [1.165, 1.54) is 37.2 Å². The highest BCUT2D eigenvalue weighted by Crippen LogP contribution is 2.46. The molecule has 1 fully saturated rings. The van der Waals surface area contributed by atoms with E-state index in [4.69, 9.17) is 15.2 Å². The Bertz CT molecular complexity index is 945. The molecule has 0 amide bonds. The first-order chi connectivity index (χ1) is 14.4. The fourth-order valence-electron chi connectivity index (χ4n) is 3.82. The van der Waals surface area contributed by atoms with E-state index in [1.807, 2.05) is 6.92 Å². The van der Waals surface area contributed by atoms with Crippen molar-refractivity contribution >= 4 is 22.7 Å². The van der Waals surface area contributed by atoms with E-state index in [9.17, 15) is 9.50 Å². The maximum Gasteiger partial charge on any atom is 0.169 e. The van der Waals surface area contributed by atoms with Crippen LogP contribution in [0.2, 0.25) is 0 Å². The van der Waals surface area contributed by atoms with Crippen LogP contribution in [0.1, 0.15) is 31.0 Å². The van der Waals surface area contributed by atoms with Gasteiger partial charge in [-0.3, -0.25) is 4.98 Å². The van der Waals surface area contributed by atoms with Crippen molar-refractivity contribution in [1.29, 1.82) is 0 Å². The van der Waals surface area contributed by atoms with E-state index < -0.39 is 17.6 Å². The smallest absolute Gasteiger partial charge is 0.169 e. The van der Waals surface area contributed by atoms with Crippen molar-refractivity contribution in [1.82, 2.24) is 9.97 Å². The number of rotatable bonds is 5. The fraction of sp³-hybridized carbons (Fsp3) is 0.450. The monoisotopic (exact) mass is 433 g/mol. The van der Waals surface area contributed by atoms with Crippen molar-refractivity contribution in [2.75, 3.05) is 24.8 Å². The van der Waals surface area contributed by atoms with E-state index >= 15 is 0 Å². The SMILES string of the molecule is COc1ccc(C(O)Nc2ccc(F)c(C34COC(C)CC3CSC(N)=N4)n2)nc1. The molecule has 0 spiro atoms. The Kier molecular flexibility index (Phi) is 5.81. The number of nitrogens with two attached hydrogens (primary N) is 1. The molecule has 4 unspecified atom stereocenters. The lowest BCUT2D eigenvalue weighted by Crippen LogP contribution is -2.50. The van der Waals surface area contributed by atoms with Crippen LogP contribution in [-0.4, -0.2) is 45.8 Å². The van der Waals surface area contributed by atoms with Crippen LogP contribution < -0.4 is 15.8 Å². The molecule has 0 saturated carbocycles. The Balaban J connectivity index is 1.64. The predicted molar refractivity (Wildman–Crippen MR) is 113 cm³/mol. The number of thioether (sulfide) groups is 1.